The number of carbonyl (C=O) groups is 2. The molecule has 2 aromatic rings. The maximum Gasteiger partial charge on any atom is 0.296 e. The monoisotopic (exact) mass is 414 g/mol. The van der Waals surface area contributed by atoms with Crippen molar-refractivity contribution in [1.82, 2.24) is 19.8 Å². The molecular formula is C19H22N6O5. The quantitative estimate of drug-likeness (QED) is 0.551. The fraction of sp³-hybridized carbons (Fsp3) is 0.368. The lowest BCUT2D eigenvalue weighted by molar-refractivity contribution is -0.384. The van der Waals surface area contributed by atoms with Gasteiger partial charge in [-0.25, -0.2) is 4.98 Å². The van der Waals surface area contributed by atoms with Crippen LogP contribution in [0.25, 0.3) is 0 Å². The van der Waals surface area contributed by atoms with Gasteiger partial charge in [0.15, 0.2) is 0 Å². The molecule has 0 saturated carbocycles. The van der Waals surface area contributed by atoms with Gasteiger partial charge in [0.2, 0.25) is 5.91 Å². The molecule has 1 unspecified atom stereocenters. The third-order valence-electron chi connectivity index (χ3n) is 4.97. The Labute approximate surface area is 172 Å². The number of carbonyl (C=O) groups excluding carboxylic acids is 2. The molecule has 3 rings (SSSR count). The number of hydrogen-bond donors (Lipinski definition) is 1. The third-order valence-corrected chi connectivity index (χ3v) is 4.97. The molecule has 11 nitrogen and oxygen atoms in total. The summed E-state index contributed by atoms with van der Waals surface area (Å²) in [7, 11) is 1.41. The van der Waals surface area contributed by atoms with Gasteiger partial charge in [0.05, 0.1) is 30.3 Å². The lowest BCUT2D eigenvalue weighted by atomic mass is 10.2. The van der Waals surface area contributed by atoms with Crippen molar-refractivity contribution in [3.63, 3.8) is 0 Å². The average molecular weight is 414 g/mol. The third kappa shape index (κ3) is 4.69. The van der Waals surface area contributed by atoms with Gasteiger partial charge in [-0.3, -0.25) is 29.6 Å². The lowest BCUT2D eigenvalue weighted by Gasteiger charge is -2.37. The van der Waals surface area contributed by atoms with Crippen LogP contribution < -0.4 is 10.1 Å². The number of methoxy groups -OCH3 is 1. The van der Waals surface area contributed by atoms with E-state index in [0.29, 0.717) is 31.9 Å². The highest BCUT2D eigenvalue weighted by atomic mass is 16.6. The highest BCUT2D eigenvalue weighted by Crippen LogP contribution is 2.29. The van der Waals surface area contributed by atoms with Crippen molar-refractivity contribution in [3.05, 3.63) is 52.6 Å². The summed E-state index contributed by atoms with van der Waals surface area (Å²) in [6, 6.07) is 3.72. The van der Waals surface area contributed by atoms with Gasteiger partial charge in [0.1, 0.15) is 17.1 Å². The first-order chi connectivity index (χ1) is 14.4. The van der Waals surface area contributed by atoms with Crippen LogP contribution in [0.1, 0.15) is 17.4 Å². The first-order valence-electron chi connectivity index (χ1n) is 9.33. The Balaban J connectivity index is 1.60. The van der Waals surface area contributed by atoms with Crippen LogP contribution in [-0.4, -0.2) is 75.8 Å². The molecule has 1 aliphatic heterocycles. The van der Waals surface area contributed by atoms with E-state index in [1.54, 1.807) is 17.9 Å². The number of piperazine rings is 1. The van der Waals surface area contributed by atoms with Crippen molar-refractivity contribution >= 4 is 23.2 Å². The van der Waals surface area contributed by atoms with E-state index in [-0.39, 0.29) is 28.9 Å². The molecule has 0 aliphatic carbocycles. The number of aromatic nitrogens is 2. The maximum absolute atomic E-state index is 12.7. The van der Waals surface area contributed by atoms with Crippen molar-refractivity contribution in [2.45, 2.75) is 13.0 Å². The zero-order chi connectivity index (χ0) is 21.7. The molecule has 1 aromatic heterocycles. The predicted molar refractivity (Wildman–Crippen MR) is 107 cm³/mol. The summed E-state index contributed by atoms with van der Waals surface area (Å²) in [5.41, 5.74) is 0.145. The molecule has 0 radical (unpaired) electrons. The van der Waals surface area contributed by atoms with Gasteiger partial charge in [-0.2, -0.15) is 0 Å². The Morgan fingerprint density at radius 3 is 2.57 bits per heavy atom. The lowest BCUT2D eigenvalue weighted by Crippen LogP contribution is -2.54. The van der Waals surface area contributed by atoms with E-state index < -0.39 is 11.0 Å². The molecule has 1 aliphatic rings. The molecule has 30 heavy (non-hydrogen) atoms. The number of rotatable bonds is 6. The van der Waals surface area contributed by atoms with Crippen LogP contribution in [0.3, 0.4) is 0 Å². The predicted octanol–water partition coefficient (Wildman–Crippen LogP) is 1.18. The second kappa shape index (κ2) is 9.27. The van der Waals surface area contributed by atoms with Crippen molar-refractivity contribution < 1.29 is 19.2 Å². The fourth-order valence-electron chi connectivity index (χ4n) is 3.18. The van der Waals surface area contributed by atoms with Gasteiger partial charge in [0.25, 0.3) is 11.6 Å². The topological polar surface area (TPSA) is 131 Å². The van der Waals surface area contributed by atoms with Gasteiger partial charge < -0.3 is 15.0 Å². The van der Waals surface area contributed by atoms with E-state index >= 15 is 0 Å². The summed E-state index contributed by atoms with van der Waals surface area (Å²) in [4.78, 5) is 47.4. The second-order valence-electron chi connectivity index (χ2n) is 6.72. The number of benzene rings is 1. The summed E-state index contributed by atoms with van der Waals surface area (Å²) < 4.78 is 5.00. The van der Waals surface area contributed by atoms with Crippen molar-refractivity contribution in [2.75, 3.05) is 38.6 Å². The number of nitrogens with one attached hydrogen (secondary N) is 1. The molecule has 1 fully saturated rings. The minimum Gasteiger partial charge on any atom is -0.496 e. The van der Waals surface area contributed by atoms with Crippen molar-refractivity contribution in [3.8, 4) is 5.75 Å². The molecule has 2 heterocycles. The number of nitro groups is 1. The van der Waals surface area contributed by atoms with Gasteiger partial charge in [-0.15, -0.1) is 0 Å². The molecule has 0 spiro atoms. The molecule has 2 amide bonds. The van der Waals surface area contributed by atoms with Crippen LogP contribution in [-0.2, 0) is 4.79 Å². The summed E-state index contributed by atoms with van der Waals surface area (Å²) in [5.74, 6) is -0.234. The molecule has 1 atom stereocenters. The van der Waals surface area contributed by atoms with Gasteiger partial charge in [0, 0.05) is 38.6 Å². The summed E-state index contributed by atoms with van der Waals surface area (Å²) >= 11 is 0. The maximum atomic E-state index is 12.7. The van der Waals surface area contributed by atoms with E-state index in [2.05, 4.69) is 15.3 Å². The van der Waals surface area contributed by atoms with E-state index in [9.17, 15) is 19.7 Å². The number of anilines is 1. The highest BCUT2D eigenvalue weighted by Gasteiger charge is 2.29. The zero-order valence-corrected chi connectivity index (χ0v) is 16.6. The Hall–Kier alpha value is -3.60. The van der Waals surface area contributed by atoms with E-state index in [1.165, 1.54) is 37.8 Å². The van der Waals surface area contributed by atoms with Crippen LogP contribution >= 0.6 is 0 Å². The Morgan fingerprint density at radius 2 is 1.97 bits per heavy atom. The van der Waals surface area contributed by atoms with Crippen LogP contribution in [0.2, 0.25) is 0 Å². The highest BCUT2D eigenvalue weighted by molar-refractivity contribution is 5.96. The van der Waals surface area contributed by atoms with Crippen LogP contribution in [0.5, 0.6) is 5.75 Å². The smallest absolute Gasteiger partial charge is 0.296 e. The minimum absolute atomic E-state index is 0.106. The van der Waals surface area contributed by atoms with E-state index in [4.69, 9.17) is 4.74 Å². The summed E-state index contributed by atoms with van der Waals surface area (Å²) in [5, 5.41) is 13.9. The number of ether oxygens (including phenoxy) is 1. The SMILES string of the molecule is COc1ccc(NC(=O)C(C)N2CCN(C(=O)c3cnccn3)CC2)c([N+](=O)[O-])c1. The van der Waals surface area contributed by atoms with Crippen molar-refractivity contribution in [2.24, 2.45) is 0 Å². The van der Waals surface area contributed by atoms with Crippen LogP contribution in [0, 0.1) is 10.1 Å². The molecule has 11 heteroatoms. The van der Waals surface area contributed by atoms with Crippen molar-refractivity contribution in [1.29, 1.82) is 0 Å². The van der Waals surface area contributed by atoms with E-state index in [1.807, 2.05) is 4.90 Å². The van der Waals surface area contributed by atoms with E-state index in [0.717, 1.165) is 0 Å². The normalized spacial score (nSPS) is 15.3. The Kier molecular flexibility index (Phi) is 6.52. The molecule has 1 saturated heterocycles. The fourth-order valence-corrected chi connectivity index (χ4v) is 3.18. The summed E-state index contributed by atoms with van der Waals surface area (Å²) in [6.07, 6.45) is 4.39. The van der Waals surface area contributed by atoms with Gasteiger partial charge >= 0.3 is 0 Å². The standard InChI is InChI=1S/C19H22N6O5/c1-13(18(26)22-15-4-3-14(30-2)11-17(15)25(28)29)23-7-9-24(10-8-23)19(27)16-12-20-5-6-21-16/h3-6,11-13H,7-10H2,1-2H3,(H,22,26). The van der Waals surface area contributed by atoms with Gasteiger partial charge in [-0.1, -0.05) is 0 Å². The number of nitrogens with zero attached hydrogens (tertiary/aromatic N) is 5. The number of hydrogen-bond acceptors (Lipinski definition) is 8. The molecular weight excluding hydrogens is 392 g/mol. The molecule has 1 N–H and O–H groups in total. The van der Waals surface area contributed by atoms with Crippen LogP contribution in [0.15, 0.2) is 36.8 Å². The Morgan fingerprint density at radius 1 is 1.23 bits per heavy atom. The average Bonchev–Trinajstić information content (AvgIpc) is 2.78. The molecule has 158 valence electrons. The first-order valence-corrected chi connectivity index (χ1v) is 9.33. The minimum atomic E-state index is -0.570. The zero-order valence-electron chi connectivity index (χ0n) is 16.6. The number of nitro benzene ring substituents is 1. The largest absolute Gasteiger partial charge is 0.496 e. The number of amides is 2. The summed E-state index contributed by atoms with van der Waals surface area (Å²) in [6.45, 7) is 3.59. The molecule has 1 aromatic carbocycles. The van der Waals surface area contributed by atoms with Crippen LogP contribution in [0.4, 0.5) is 11.4 Å². The Bertz CT molecular complexity index is 930. The second-order valence-corrected chi connectivity index (χ2v) is 6.72. The van der Waals surface area contributed by atoms with Gasteiger partial charge in [-0.05, 0) is 19.1 Å². The molecule has 0 bridgehead atoms. The first kappa shape index (κ1) is 21.1.